The number of hydrazine groups is 1. The van der Waals surface area contributed by atoms with Gasteiger partial charge in [-0.15, -0.1) is 0 Å². The number of carbonyl (C=O) groups is 5. The summed E-state index contributed by atoms with van der Waals surface area (Å²) in [4.78, 5) is 62.4. The summed E-state index contributed by atoms with van der Waals surface area (Å²) in [6, 6.07) is 21.4. The van der Waals surface area contributed by atoms with E-state index in [2.05, 4.69) is 5.43 Å². The highest BCUT2D eigenvalue weighted by atomic mass is 16.6. The molecule has 0 bridgehead atoms. The predicted octanol–water partition coefficient (Wildman–Crippen LogP) is 2.29. The standard InChI is InChI=1S/C26H22N2O8/c1-16-12-14-17(15-13-16)22(29)27-28-23(30)20(35-25(33)18-8-4-2-5-9-18)21(24(31)32)36-26(34)19-10-6-3-7-11-19/h2-15,20-21H,1H3,(H,27,29)(H,28,30)(H,31,32)/t20-,21-/m1/s1. The van der Waals surface area contributed by atoms with E-state index in [0.29, 0.717) is 0 Å². The van der Waals surface area contributed by atoms with Crippen LogP contribution in [0.5, 0.6) is 0 Å². The van der Waals surface area contributed by atoms with Gasteiger partial charge in [-0.2, -0.15) is 0 Å². The van der Waals surface area contributed by atoms with Gasteiger partial charge in [-0.25, -0.2) is 14.4 Å². The summed E-state index contributed by atoms with van der Waals surface area (Å²) in [6.07, 6.45) is -4.36. The molecule has 36 heavy (non-hydrogen) atoms. The van der Waals surface area contributed by atoms with Crippen LogP contribution in [-0.4, -0.2) is 47.0 Å². The molecule has 0 aromatic heterocycles. The summed E-state index contributed by atoms with van der Waals surface area (Å²) in [5, 5.41) is 9.72. The Labute approximate surface area is 205 Å². The van der Waals surface area contributed by atoms with E-state index in [4.69, 9.17) is 9.47 Å². The Hall–Kier alpha value is -4.99. The second-order valence-electron chi connectivity index (χ2n) is 7.53. The lowest BCUT2D eigenvalue weighted by atomic mass is 10.1. The second kappa shape index (κ2) is 11.9. The lowest BCUT2D eigenvalue weighted by molar-refractivity contribution is -0.159. The number of carbonyl (C=O) groups excluding carboxylic acids is 4. The largest absolute Gasteiger partial charge is 0.478 e. The zero-order chi connectivity index (χ0) is 26.1. The number of amides is 2. The zero-order valence-electron chi connectivity index (χ0n) is 19.0. The van der Waals surface area contributed by atoms with E-state index in [1.165, 1.54) is 60.7 Å². The van der Waals surface area contributed by atoms with Crippen LogP contribution in [0.2, 0.25) is 0 Å². The van der Waals surface area contributed by atoms with E-state index < -0.39 is 41.9 Å². The van der Waals surface area contributed by atoms with Gasteiger partial charge in [0.05, 0.1) is 11.1 Å². The molecule has 0 saturated carbocycles. The van der Waals surface area contributed by atoms with Crippen molar-refractivity contribution >= 4 is 29.7 Å². The summed E-state index contributed by atoms with van der Waals surface area (Å²) in [6.45, 7) is 1.83. The molecule has 10 heteroatoms. The van der Waals surface area contributed by atoms with Crippen LogP contribution in [0.1, 0.15) is 36.6 Å². The van der Waals surface area contributed by atoms with Crippen molar-refractivity contribution in [1.29, 1.82) is 0 Å². The molecule has 0 aliphatic heterocycles. The van der Waals surface area contributed by atoms with Gasteiger partial charge >= 0.3 is 17.9 Å². The number of nitrogens with one attached hydrogen (secondary N) is 2. The molecule has 3 aromatic rings. The van der Waals surface area contributed by atoms with Crippen molar-refractivity contribution in [2.75, 3.05) is 0 Å². The highest BCUT2D eigenvalue weighted by Gasteiger charge is 2.41. The average Bonchev–Trinajstić information content (AvgIpc) is 2.90. The van der Waals surface area contributed by atoms with Crippen molar-refractivity contribution in [3.63, 3.8) is 0 Å². The Morgan fingerprint density at radius 1 is 0.639 bits per heavy atom. The molecular formula is C26H22N2O8. The second-order valence-corrected chi connectivity index (χ2v) is 7.53. The predicted molar refractivity (Wildman–Crippen MR) is 126 cm³/mol. The van der Waals surface area contributed by atoms with Gasteiger partial charge in [0.1, 0.15) is 0 Å². The number of esters is 2. The van der Waals surface area contributed by atoms with Gasteiger partial charge in [-0.05, 0) is 43.3 Å². The van der Waals surface area contributed by atoms with Crippen LogP contribution < -0.4 is 10.9 Å². The SMILES string of the molecule is Cc1ccc(C(=O)NNC(=O)[C@H](OC(=O)c2ccccc2)[C@@H](OC(=O)c2ccccc2)C(=O)O)cc1. The number of carboxylic acid groups (broad SMARTS) is 1. The number of benzene rings is 3. The lowest BCUT2D eigenvalue weighted by Crippen LogP contribution is -2.54. The molecule has 3 aromatic carbocycles. The molecule has 0 aliphatic carbocycles. The molecule has 2 amide bonds. The van der Waals surface area contributed by atoms with Crippen LogP contribution in [0.3, 0.4) is 0 Å². The first-order valence-electron chi connectivity index (χ1n) is 10.7. The Bertz CT molecular complexity index is 1240. The van der Waals surface area contributed by atoms with Gasteiger partial charge in [-0.3, -0.25) is 20.4 Å². The van der Waals surface area contributed by atoms with Crippen LogP contribution in [0.15, 0.2) is 84.9 Å². The zero-order valence-corrected chi connectivity index (χ0v) is 19.0. The van der Waals surface area contributed by atoms with Crippen LogP contribution in [-0.2, 0) is 19.1 Å². The van der Waals surface area contributed by atoms with Gasteiger partial charge in [-0.1, -0.05) is 54.1 Å². The van der Waals surface area contributed by atoms with E-state index in [-0.39, 0.29) is 16.7 Å². The highest BCUT2D eigenvalue weighted by molar-refractivity contribution is 5.99. The molecule has 0 unspecified atom stereocenters. The molecule has 184 valence electrons. The monoisotopic (exact) mass is 490 g/mol. The summed E-state index contributed by atoms with van der Waals surface area (Å²) in [5.41, 5.74) is 5.32. The van der Waals surface area contributed by atoms with Crippen LogP contribution in [0.25, 0.3) is 0 Å². The number of aliphatic carboxylic acids is 1. The third-order valence-electron chi connectivity index (χ3n) is 4.88. The maximum atomic E-state index is 12.9. The number of hydrogen-bond donors (Lipinski definition) is 3. The van der Waals surface area contributed by atoms with Crippen molar-refractivity contribution in [2.24, 2.45) is 0 Å². The fourth-order valence-electron chi connectivity index (χ4n) is 2.98. The van der Waals surface area contributed by atoms with Gasteiger partial charge in [0.15, 0.2) is 0 Å². The molecule has 0 heterocycles. The number of carboxylic acids is 1. The summed E-state index contributed by atoms with van der Waals surface area (Å²) >= 11 is 0. The van der Waals surface area contributed by atoms with Crippen molar-refractivity contribution in [2.45, 2.75) is 19.1 Å². The van der Waals surface area contributed by atoms with Crippen molar-refractivity contribution in [3.8, 4) is 0 Å². The van der Waals surface area contributed by atoms with E-state index in [1.807, 2.05) is 12.3 Å². The molecule has 0 radical (unpaired) electrons. The summed E-state index contributed by atoms with van der Waals surface area (Å²) in [5.74, 6) is -5.77. The third-order valence-corrected chi connectivity index (χ3v) is 4.88. The van der Waals surface area contributed by atoms with E-state index >= 15 is 0 Å². The van der Waals surface area contributed by atoms with Gasteiger partial charge in [0.25, 0.3) is 11.8 Å². The molecule has 0 aliphatic rings. The molecule has 2 atom stereocenters. The molecule has 0 fully saturated rings. The Kier molecular flexibility index (Phi) is 8.49. The van der Waals surface area contributed by atoms with Crippen LogP contribution in [0.4, 0.5) is 0 Å². The minimum atomic E-state index is -2.22. The quantitative estimate of drug-likeness (QED) is 0.322. The maximum absolute atomic E-state index is 12.9. The van der Waals surface area contributed by atoms with Crippen molar-refractivity contribution in [3.05, 3.63) is 107 Å². The Morgan fingerprint density at radius 2 is 1.11 bits per heavy atom. The maximum Gasteiger partial charge on any atom is 0.349 e. The normalized spacial score (nSPS) is 11.9. The topological polar surface area (TPSA) is 148 Å². The van der Waals surface area contributed by atoms with Crippen LogP contribution >= 0.6 is 0 Å². The fraction of sp³-hybridized carbons (Fsp3) is 0.115. The number of hydrogen-bond acceptors (Lipinski definition) is 7. The van der Waals surface area contributed by atoms with Crippen molar-refractivity contribution in [1.82, 2.24) is 10.9 Å². The van der Waals surface area contributed by atoms with Gasteiger partial charge < -0.3 is 14.6 Å². The minimum absolute atomic E-state index is 0.0185. The molecule has 10 nitrogen and oxygen atoms in total. The minimum Gasteiger partial charge on any atom is -0.478 e. The van der Waals surface area contributed by atoms with Crippen molar-refractivity contribution < 1.29 is 38.6 Å². The fourth-order valence-corrected chi connectivity index (χ4v) is 2.98. The Balaban J connectivity index is 1.82. The average molecular weight is 490 g/mol. The van der Waals surface area contributed by atoms with Crippen LogP contribution in [0, 0.1) is 6.92 Å². The highest BCUT2D eigenvalue weighted by Crippen LogP contribution is 2.13. The summed E-state index contributed by atoms with van der Waals surface area (Å²) < 4.78 is 10.2. The molecular weight excluding hydrogens is 468 g/mol. The van der Waals surface area contributed by atoms with E-state index in [1.54, 1.807) is 24.3 Å². The third kappa shape index (κ3) is 6.76. The number of rotatable bonds is 8. The lowest BCUT2D eigenvalue weighted by Gasteiger charge is -2.23. The summed E-state index contributed by atoms with van der Waals surface area (Å²) in [7, 11) is 0. The number of aryl methyl sites for hydroxylation is 1. The first-order chi connectivity index (χ1) is 17.3. The molecule has 0 spiro atoms. The smallest absolute Gasteiger partial charge is 0.349 e. The molecule has 3 N–H and O–H groups in total. The van der Waals surface area contributed by atoms with E-state index in [9.17, 15) is 29.1 Å². The first-order valence-corrected chi connectivity index (χ1v) is 10.7. The van der Waals surface area contributed by atoms with Gasteiger partial charge in [0.2, 0.25) is 12.2 Å². The van der Waals surface area contributed by atoms with Gasteiger partial charge in [0, 0.05) is 5.56 Å². The van der Waals surface area contributed by atoms with E-state index in [0.717, 1.165) is 5.56 Å². The Morgan fingerprint density at radius 3 is 1.58 bits per heavy atom. The molecule has 3 rings (SSSR count). The first kappa shape index (κ1) is 25.6. The molecule has 0 saturated heterocycles. The number of ether oxygens (including phenoxy) is 2.